The van der Waals surface area contributed by atoms with Crippen LogP contribution in [0.15, 0.2) is 48.5 Å². The molecule has 2 nitrogen and oxygen atoms in total. The van der Waals surface area contributed by atoms with Gasteiger partial charge in [0, 0.05) is 6.04 Å². The molecule has 0 amide bonds. The number of hydrogen-bond donors (Lipinski definition) is 2. The summed E-state index contributed by atoms with van der Waals surface area (Å²) in [7, 11) is 0. The Kier molecular flexibility index (Phi) is 4.61. The minimum Gasteiger partial charge on any atom is -0.316 e. The molecule has 0 aromatic heterocycles. The van der Waals surface area contributed by atoms with Crippen molar-refractivity contribution in [3.63, 3.8) is 0 Å². The molecule has 2 aromatic rings. The number of rotatable bonds is 4. The molecule has 0 radical (unpaired) electrons. The fourth-order valence-electron chi connectivity index (χ4n) is 1.82. The van der Waals surface area contributed by atoms with Crippen molar-refractivity contribution in [3.05, 3.63) is 65.7 Å². The van der Waals surface area contributed by atoms with E-state index < -0.39 is 0 Å². The molecule has 0 aliphatic rings. The highest BCUT2D eigenvalue weighted by Gasteiger charge is 2.03. The van der Waals surface area contributed by atoms with Crippen molar-refractivity contribution < 1.29 is 14.0 Å². The molecular weight excluding hydrogens is 260 g/mol. The molecule has 0 aliphatic heterocycles. The fourth-order valence-corrected chi connectivity index (χ4v) is 1.82. The van der Waals surface area contributed by atoms with Crippen molar-refractivity contribution in [1.29, 1.82) is 0 Å². The van der Waals surface area contributed by atoms with E-state index in [1.807, 2.05) is 0 Å². The summed E-state index contributed by atoms with van der Waals surface area (Å²) in [5.74, 6) is -0.691. The lowest BCUT2D eigenvalue weighted by molar-refractivity contribution is 0.150. The van der Waals surface area contributed by atoms with Crippen LogP contribution in [0.3, 0.4) is 0 Å². The van der Waals surface area contributed by atoms with Crippen LogP contribution in [0.1, 0.15) is 12.5 Å². The molecule has 0 bridgehead atoms. The molecule has 2 N–H and O–H groups in total. The van der Waals surface area contributed by atoms with E-state index in [-0.39, 0.29) is 17.7 Å². The van der Waals surface area contributed by atoms with Crippen LogP contribution >= 0.6 is 0 Å². The number of hydroxylamine groups is 1. The molecule has 0 saturated heterocycles. The third-order valence-electron chi connectivity index (χ3n) is 2.88. The maximum atomic E-state index is 13.6. The highest BCUT2D eigenvalue weighted by atomic mass is 19.1. The quantitative estimate of drug-likeness (QED) is 0.826. The summed E-state index contributed by atoms with van der Waals surface area (Å²) in [6, 6.07) is 10.3. The average molecular weight is 275 g/mol. The van der Waals surface area contributed by atoms with Crippen LogP contribution in [-0.4, -0.2) is 11.2 Å². The minimum atomic E-state index is -0.365. The zero-order valence-electron chi connectivity index (χ0n) is 11.0. The molecule has 0 heterocycles. The molecule has 2 rings (SSSR count). The Morgan fingerprint density at radius 1 is 1.00 bits per heavy atom. The van der Waals surface area contributed by atoms with Crippen molar-refractivity contribution in [3.8, 4) is 11.1 Å². The molecule has 2 aromatic carbocycles. The molecule has 104 valence electrons. The smallest absolute Gasteiger partial charge is 0.124 e. The molecule has 0 aliphatic carbocycles. The van der Waals surface area contributed by atoms with Crippen molar-refractivity contribution in [2.24, 2.45) is 0 Å². The van der Waals surface area contributed by atoms with Gasteiger partial charge >= 0.3 is 0 Å². The van der Waals surface area contributed by atoms with Gasteiger partial charge in [-0.3, -0.25) is 0 Å². The van der Waals surface area contributed by atoms with E-state index in [4.69, 9.17) is 5.21 Å². The van der Waals surface area contributed by atoms with Gasteiger partial charge in [-0.15, -0.1) is 0 Å². The summed E-state index contributed by atoms with van der Waals surface area (Å²) in [6.45, 7) is 1.76. The van der Waals surface area contributed by atoms with Crippen LogP contribution in [0, 0.1) is 11.6 Å². The monoisotopic (exact) mass is 275 g/mol. The first kappa shape index (κ1) is 14.4. The van der Waals surface area contributed by atoms with Crippen LogP contribution in [0.5, 0.6) is 0 Å². The molecule has 4 heteroatoms. The predicted octanol–water partition coefficient (Wildman–Crippen LogP) is 4.01. The first-order chi connectivity index (χ1) is 9.58. The van der Waals surface area contributed by atoms with Gasteiger partial charge in [-0.1, -0.05) is 24.3 Å². The van der Waals surface area contributed by atoms with E-state index in [0.29, 0.717) is 11.1 Å². The van der Waals surface area contributed by atoms with Crippen LogP contribution in [0.25, 0.3) is 17.2 Å². The van der Waals surface area contributed by atoms with Crippen LogP contribution in [0.2, 0.25) is 0 Å². The average Bonchev–Trinajstić information content (AvgIpc) is 2.45. The highest BCUT2D eigenvalue weighted by Crippen LogP contribution is 2.23. The second-order valence-electron chi connectivity index (χ2n) is 4.56. The zero-order valence-corrected chi connectivity index (χ0v) is 11.0. The second-order valence-corrected chi connectivity index (χ2v) is 4.56. The summed E-state index contributed by atoms with van der Waals surface area (Å²) in [6.07, 6.45) is 3.42. The van der Waals surface area contributed by atoms with Crippen molar-refractivity contribution in [2.45, 2.75) is 13.0 Å². The Balaban J connectivity index is 2.33. The summed E-state index contributed by atoms with van der Waals surface area (Å²) < 4.78 is 26.5. The SMILES string of the molecule is C[C@@H](C=Cc1cc(F)cc(-c2ccc(F)cc2)c1)NO. The molecule has 0 unspecified atom stereocenters. The summed E-state index contributed by atoms with van der Waals surface area (Å²) in [4.78, 5) is 0. The third kappa shape index (κ3) is 3.73. The first-order valence-corrected chi connectivity index (χ1v) is 6.23. The van der Waals surface area contributed by atoms with Crippen molar-refractivity contribution in [2.75, 3.05) is 0 Å². The Hall–Kier alpha value is -2.04. The molecular formula is C16H15F2NO. The van der Waals surface area contributed by atoms with E-state index in [1.54, 1.807) is 37.3 Å². The van der Waals surface area contributed by atoms with E-state index in [1.165, 1.54) is 24.3 Å². The lowest BCUT2D eigenvalue weighted by Crippen LogP contribution is -2.18. The Morgan fingerprint density at radius 3 is 2.35 bits per heavy atom. The lowest BCUT2D eigenvalue weighted by atomic mass is 10.0. The summed E-state index contributed by atoms with van der Waals surface area (Å²) in [5, 5.41) is 8.72. The largest absolute Gasteiger partial charge is 0.316 e. The first-order valence-electron chi connectivity index (χ1n) is 6.23. The van der Waals surface area contributed by atoms with E-state index in [9.17, 15) is 8.78 Å². The van der Waals surface area contributed by atoms with Gasteiger partial charge in [0.1, 0.15) is 11.6 Å². The fraction of sp³-hybridized carbons (Fsp3) is 0.125. The van der Waals surface area contributed by atoms with Crippen molar-refractivity contribution >= 4 is 6.08 Å². The molecule has 20 heavy (non-hydrogen) atoms. The van der Waals surface area contributed by atoms with Gasteiger partial charge in [-0.05, 0) is 53.9 Å². The van der Waals surface area contributed by atoms with Gasteiger partial charge in [0.05, 0.1) is 0 Å². The number of hydrogen-bond acceptors (Lipinski definition) is 2. The molecule has 0 fully saturated rings. The standard InChI is InChI=1S/C16H15F2NO/c1-11(19-20)2-3-12-8-14(10-16(18)9-12)13-4-6-15(17)7-5-13/h2-11,19-20H,1H3/t11-/m0/s1. The van der Waals surface area contributed by atoms with E-state index in [0.717, 1.165) is 5.56 Å². The Morgan fingerprint density at radius 2 is 1.70 bits per heavy atom. The topological polar surface area (TPSA) is 32.3 Å². The van der Waals surface area contributed by atoms with Gasteiger partial charge in [0.25, 0.3) is 0 Å². The maximum absolute atomic E-state index is 13.6. The highest BCUT2D eigenvalue weighted by molar-refractivity contribution is 5.67. The van der Waals surface area contributed by atoms with Crippen LogP contribution in [-0.2, 0) is 0 Å². The minimum absolute atomic E-state index is 0.229. The molecule has 0 saturated carbocycles. The summed E-state index contributed by atoms with van der Waals surface area (Å²) in [5.41, 5.74) is 4.17. The van der Waals surface area contributed by atoms with Gasteiger partial charge in [0.2, 0.25) is 0 Å². The number of benzene rings is 2. The predicted molar refractivity (Wildman–Crippen MR) is 75.2 cm³/mol. The van der Waals surface area contributed by atoms with Crippen LogP contribution in [0.4, 0.5) is 8.78 Å². The number of halogens is 2. The maximum Gasteiger partial charge on any atom is 0.124 e. The van der Waals surface area contributed by atoms with Gasteiger partial charge in [-0.25, -0.2) is 8.78 Å². The van der Waals surface area contributed by atoms with Crippen molar-refractivity contribution in [1.82, 2.24) is 5.48 Å². The van der Waals surface area contributed by atoms with E-state index >= 15 is 0 Å². The molecule has 0 spiro atoms. The van der Waals surface area contributed by atoms with Gasteiger partial charge in [-0.2, -0.15) is 5.48 Å². The normalized spacial score (nSPS) is 12.8. The Labute approximate surface area is 116 Å². The van der Waals surface area contributed by atoms with Gasteiger partial charge < -0.3 is 5.21 Å². The zero-order chi connectivity index (χ0) is 14.5. The van der Waals surface area contributed by atoms with Crippen LogP contribution < -0.4 is 5.48 Å². The summed E-state index contributed by atoms with van der Waals surface area (Å²) >= 11 is 0. The third-order valence-corrected chi connectivity index (χ3v) is 2.88. The van der Waals surface area contributed by atoms with Gasteiger partial charge in [0.15, 0.2) is 0 Å². The Bertz CT molecular complexity index is 608. The number of nitrogens with one attached hydrogen (secondary N) is 1. The lowest BCUT2D eigenvalue weighted by Gasteiger charge is -2.05. The second kappa shape index (κ2) is 6.41. The molecule has 1 atom stereocenters. The van der Waals surface area contributed by atoms with E-state index in [2.05, 4.69) is 5.48 Å².